The minimum absolute atomic E-state index is 0.000957. The Labute approximate surface area is 307 Å². The number of rotatable bonds is 28. The molecule has 0 saturated heterocycles. The number of aromatic nitrogens is 3. The monoisotopic (exact) mass is 750 g/mol. The van der Waals surface area contributed by atoms with E-state index in [1.807, 2.05) is 43.3 Å². The van der Waals surface area contributed by atoms with Gasteiger partial charge in [0.15, 0.2) is 0 Å². The first-order valence-corrected chi connectivity index (χ1v) is 21.9. The molecule has 2 N–H and O–H groups in total. The molecule has 51 heavy (non-hydrogen) atoms. The molecule has 3 rings (SSSR count). The molecule has 2 aromatic carbocycles. The minimum atomic E-state index is -3.81. The fourth-order valence-corrected chi connectivity index (χ4v) is 8.44. The van der Waals surface area contributed by atoms with Gasteiger partial charge in [0.2, 0.25) is 10.0 Å². The molecule has 1 atom stereocenters. The number of hydrogen-bond acceptors (Lipinski definition) is 8. The molecule has 0 spiro atoms. The molecule has 3 aromatic rings. The van der Waals surface area contributed by atoms with Gasteiger partial charge >= 0.3 is 7.75 Å². The number of sulfonamides is 1. The van der Waals surface area contributed by atoms with E-state index in [2.05, 4.69) is 48.2 Å². The quantitative estimate of drug-likeness (QED) is 0.0441. The SMILES string of the molecule is CCCCCCCCCCCCCCOP(=O)(NCC[N+](C)(C)C)OCCCn1cc(CNS(=O)(=O)c2cccc3c(N(C)C)cccc23)nn1. The second kappa shape index (κ2) is 22.0. The summed E-state index contributed by atoms with van der Waals surface area (Å²) in [5.74, 6) is 0. The van der Waals surface area contributed by atoms with Crippen molar-refractivity contribution < 1.29 is 26.5 Å². The molecule has 0 radical (unpaired) electrons. The summed E-state index contributed by atoms with van der Waals surface area (Å²) in [4.78, 5) is 2.18. The van der Waals surface area contributed by atoms with E-state index in [4.69, 9.17) is 9.05 Å². The molecule has 1 heterocycles. The van der Waals surface area contributed by atoms with Crippen molar-refractivity contribution in [2.24, 2.45) is 0 Å². The second-order valence-corrected chi connectivity index (χ2v) is 18.2. The summed E-state index contributed by atoms with van der Waals surface area (Å²) < 4.78 is 56.9. The van der Waals surface area contributed by atoms with Gasteiger partial charge in [-0.3, -0.25) is 13.7 Å². The summed E-state index contributed by atoms with van der Waals surface area (Å²) in [5.41, 5.74) is 1.44. The van der Waals surface area contributed by atoms with E-state index in [-0.39, 0.29) is 18.0 Å². The predicted molar refractivity (Wildman–Crippen MR) is 208 cm³/mol. The maximum absolute atomic E-state index is 13.6. The van der Waals surface area contributed by atoms with Crippen LogP contribution in [0.1, 0.15) is 96.1 Å². The van der Waals surface area contributed by atoms with Crippen molar-refractivity contribution in [2.75, 3.05) is 66.4 Å². The Hall–Kier alpha value is -2.38. The highest BCUT2D eigenvalue weighted by Crippen LogP contribution is 2.43. The van der Waals surface area contributed by atoms with Crippen molar-refractivity contribution in [3.05, 3.63) is 48.3 Å². The molecule has 0 fully saturated rings. The fraction of sp³-hybridized carbons (Fsp3) is 0.676. The van der Waals surface area contributed by atoms with Gasteiger partial charge in [-0.15, -0.1) is 5.10 Å². The lowest BCUT2D eigenvalue weighted by Gasteiger charge is -2.25. The first kappa shape index (κ1) is 43.0. The average Bonchev–Trinajstić information content (AvgIpc) is 3.54. The van der Waals surface area contributed by atoms with Gasteiger partial charge < -0.3 is 9.38 Å². The number of anilines is 1. The van der Waals surface area contributed by atoms with Crippen LogP contribution in [0.15, 0.2) is 47.5 Å². The predicted octanol–water partition coefficient (Wildman–Crippen LogP) is 7.50. The molecule has 0 saturated carbocycles. The standard InChI is InChI=1S/C37H65N7O5PS/c1-7-8-9-10-11-12-13-14-15-16-17-18-29-48-50(45,38-26-28-44(4,5)6)49-30-21-27-43-32-33(40-41-43)31-39-51(46,47)37-25-20-22-34-35(37)23-19-24-36(34)42(2)3/h19-20,22-25,32,39H,7-18,21,26-31H2,1-6H3,(H,38,45)/q+1. The van der Waals surface area contributed by atoms with Crippen LogP contribution < -0.4 is 14.7 Å². The lowest BCUT2D eigenvalue weighted by molar-refractivity contribution is -0.869. The van der Waals surface area contributed by atoms with Gasteiger partial charge in [0.1, 0.15) is 0 Å². The highest BCUT2D eigenvalue weighted by atomic mass is 32.2. The number of unbranched alkanes of at least 4 members (excludes halogenated alkanes) is 11. The summed E-state index contributed by atoms with van der Waals surface area (Å²) in [7, 11) is 2.84. The number of likely N-dealkylation sites (N-methyl/N-ethyl adjacent to an activating group) is 1. The largest absolute Gasteiger partial charge is 0.405 e. The topological polar surface area (TPSA) is 128 Å². The van der Waals surface area contributed by atoms with Crippen LogP contribution in [0.3, 0.4) is 0 Å². The van der Waals surface area contributed by atoms with E-state index < -0.39 is 17.8 Å². The number of hydrogen-bond donors (Lipinski definition) is 2. The molecule has 1 aromatic heterocycles. The summed E-state index contributed by atoms with van der Waals surface area (Å²) in [6.07, 6.45) is 17.3. The van der Waals surface area contributed by atoms with Crippen molar-refractivity contribution >= 4 is 34.2 Å². The zero-order valence-corrected chi connectivity index (χ0v) is 33.8. The molecule has 0 aliphatic carbocycles. The van der Waals surface area contributed by atoms with Gasteiger partial charge in [-0.1, -0.05) is 107 Å². The van der Waals surface area contributed by atoms with Gasteiger partial charge in [-0.25, -0.2) is 22.8 Å². The molecule has 0 aliphatic heterocycles. The van der Waals surface area contributed by atoms with Crippen molar-refractivity contribution in [3.8, 4) is 0 Å². The van der Waals surface area contributed by atoms with E-state index in [1.165, 1.54) is 64.2 Å². The molecular weight excluding hydrogens is 685 g/mol. The molecule has 288 valence electrons. The van der Waals surface area contributed by atoms with Crippen LogP contribution in [0, 0.1) is 0 Å². The molecule has 12 nitrogen and oxygen atoms in total. The lowest BCUT2D eigenvalue weighted by Crippen LogP contribution is -2.40. The third kappa shape index (κ3) is 16.0. The van der Waals surface area contributed by atoms with Crippen LogP contribution in [-0.4, -0.2) is 89.4 Å². The van der Waals surface area contributed by atoms with Gasteiger partial charge in [0.05, 0.1) is 64.6 Å². The Morgan fingerprint density at radius 1 is 0.824 bits per heavy atom. The zero-order valence-electron chi connectivity index (χ0n) is 32.1. The number of benzene rings is 2. The Morgan fingerprint density at radius 2 is 1.41 bits per heavy atom. The molecule has 1 unspecified atom stereocenters. The van der Waals surface area contributed by atoms with E-state index in [1.54, 1.807) is 23.0 Å². The molecular formula is C37H65N7O5PS+. The van der Waals surface area contributed by atoms with Crippen LogP contribution in [0.25, 0.3) is 10.8 Å². The second-order valence-electron chi connectivity index (χ2n) is 14.6. The lowest BCUT2D eigenvalue weighted by atomic mass is 10.1. The number of fused-ring (bicyclic) bond motifs is 1. The van der Waals surface area contributed by atoms with E-state index in [9.17, 15) is 13.0 Å². The Kier molecular flexibility index (Phi) is 18.5. The minimum Gasteiger partial charge on any atom is -0.377 e. The number of aryl methyl sites for hydroxylation is 1. The van der Waals surface area contributed by atoms with Crippen LogP contribution >= 0.6 is 7.75 Å². The van der Waals surface area contributed by atoms with Crippen LogP contribution in [0.5, 0.6) is 0 Å². The highest BCUT2D eigenvalue weighted by molar-refractivity contribution is 7.89. The summed E-state index contributed by atoms with van der Waals surface area (Å²) in [5, 5.41) is 12.9. The fourth-order valence-electron chi connectivity index (χ4n) is 5.85. The first-order chi connectivity index (χ1) is 24.3. The first-order valence-electron chi connectivity index (χ1n) is 18.9. The molecule has 0 aliphatic rings. The number of nitrogens with zero attached hydrogens (tertiary/aromatic N) is 5. The third-order valence-corrected chi connectivity index (χ3v) is 11.9. The zero-order chi connectivity index (χ0) is 37.2. The third-order valence-electron chi connectivity index (χ3n) is 8.80. The van der Waals surface area contributed by atoms with E-state index >= 15 is 0 Å². The van der Waals surface area contributed by atoms with E-state index in [0.29, 0.717) is 37.2 Å². The highest BCUT2D eigenvalue weighted by Gasteiger charge is 2.25. The Morgan fingerprint density at radius 3 is 2.04 bits per heavy atom. The Bertz CT molecular complexity index is 1590. The van der Waals surface area contributed by atoms with Gasteiger partial charge in [-0.2, -0.15) is 0 Å². The average molecular weight is 751 g/mol. The Balaban J connectivity index is 1.41. The van der Waals surface area contributed by atoms with Crippen LogP contribution in [-0.2, 0) is 36.7 Å². The van der Waals surface area contributed by atoms with Crippen molar-refractivity contribution in [1.82, 2.24) is 24.8 Å². The number of nitrogens with one attached hydrogen (secondary N) is 2. The van der Waals surface area contributed by atoms with Crippen LogP contribution in [0.2, 0.25) is 0 Å². The van der Waals surface area contributed by atoms with Crippen LogP contribution in [0.4, 0.5) is 5.69 Å². The summed E-state index contributed by atoms with van der Waals surface area (Å²) in [6, 6.07) is 10.9. The van der Waals surface area contributed by atoms with Gasteiger partial charge in [0.25, 0.3) is 0 Å². The van der Waals surface area contributed by atoms with Gasteiger partial charge in [-0.05, 0) is 25.0 Å². The summed E-state index contributed by atoms with van der Waals surface area (Å²) in [6.45, 7) is 4.62. The van der Waals surface area contributed by atoms with E-state index in [0.717, 1.165) is 34.9 Å². The van der Waals surface area contributed by atoms with Crippen molar-refractivity contribution in [3.63, 3.8) is 0 Å². The maximum atomic E-state index is 13.6. The molecule has 0 amide bonds. The maximum Gasteiger partial charge on any atom is 0.405 e. The molecule has 14 heteroatoms. The van der Waals surface area contributed by atoms with Gasteiger partial charge in [0, 0.05) is 43.3 Å². The normalized spacial score (nSPS) is 13.5. The summed E-state index contributed by atoms with van der Waals surface area (Å²) >= 11 is 0. The smallest absolute Gasteiger partial charge is 0.377 e. The molecule has 0 bridgehead atoms. The number of quaternary nitrogens is 1. The van der Waals surface area contributed by atoms with Crippen molar-refractivity contribution in [1.29, 1.82) is 0 Å². The van der Waals surface area contributed by atoms with Crippen molar-refractivity contribution in [2.45, 2.75) is 108 Å².